The first-order valence-corrected chi connectivity index (χ1v) is 5.75. The van der Waals surface area contributed by atoms with E-state index in [1.807, 2.05) is 30.3 Å². The average molecular weight is 235 g/mol. The highest BCUT2D eigenvalue weighted by molar-refractivity contribution is 5.81. The predicted octanol–water partition coefficient (Wildman–Crippen LogP) is 1.06. The van der Waals surface area contributed by atoms with Crippen molar-refractivity contribution in [3.8, 4) is 0 Å². The number of morpholine rings is 1. The Morgan fingerprint density at radius 2 is 2.18 bits per heavy atom. The Kier molecular flexibility index (Phi) is 4.12. The van der Waals surface area contributed by atoms with Crippen LogP contribution in [0, 0.1) is 0 Å². The Hall–Kier alpha value is -1.39. The molecule has 0 radical (unpaired) electrons. The number of amides is 1. The minimum atomic E-state index is -0.447. The Labute approximate surface area is 101 Å². The van der Waals surface area contributed by atoms with Gasteiger partial charge in [0.2, 0.25) is 0 Å². The van der Waals surface area contributed by atoms with Gasteiger partial charge < -0.3 is 14.4 Å². The number of benzene rings is 1. The molecule has 4 heteroatoms. The maximum Gasteiger partial charge on any atom is 0.253 e. The second kappa shape index (κ2) is 5.80. The Morgan fingerprint density at radius 3 is 2.94 bits per heavy atom. The summed E-state index contributed by atoms with van der Waals surface area (Å²) in [5, 5.41) is 0. The van der Waals surface area contributed by atoms with E-state index < -0.39 is 6.10 Å². The van der Waals surface area contributed by atoms with Crippen LogP contribution in [0.1, 0.15) is 5.56 Å². The summed E-state index contributed by atoms with van der Waals surface area (Å²) in [7, 11) is 1.79. The fourth-order valence-corrected chi connectivity index (χ4v) is 1.74. The summed E-state index contributed by atoms with van der Waals surface area (Å²) in [5.41, 5.74) is 1.10. The number of hydrogen-bond acceptors (Lipinski definition) is 3. The molecule has 1 amide bonds. The van der Waals surface area contributed by atoms with Gasteiger partial charge >= 0.3 is 0 Å². The highest BCUT2D eigenvalue weighted by Crippen LogP contribution is 2.07. The van der Waals surface area contributed by atoms with Crippen LogP contribution in [0.2, 0.25) is 0 Å². The zero-order chi connectivity index (χ0) is 12.1. The molecule has 1 aromatic carbocycles. The SMILES string of the molecule is CN1CCOC(COCc2ccccc2)C1=O. The maximum atomic E-state index is 11.7. The van der Waals surface area contributed by atoms with Crippen molar-refractivity contribution in [3.05, 3.63) is 35.9 Å². The zero-order valence-corrected chi connectivity index (χ0v) is 9.96. The molecule has 0 aliphatic carbocycles. The van der Waals surface area contributed by atoms with E-state index in [4.69, 9.17) is 9.47 Å². The van der Waals surface area contributed by atoms with E-state index in [0.717, 1.165) is 5.56 Å². The second-order valence-corrected chi connectivity index (χ2v) is 4.12. The lowest BCUT2D eigenvalue weighted by molar-refractivity contribution is -0.156. The van der Waals surface area contributed by atoms with Crippen LogP contribution in [0.25, 0.3) is 0 Å². The van der Waals surface area contributed by atoms with E-state index in [-0.39, 0.29) is 5.91 Å². The number of nitrogens with zero attached hydrogens (tertiary/aromatic N) is 1. The van der Waals surface area contributed by atoms with Crippen LogP contribution >= 0.6 is 0 Å². The topological polar surface area (TPSA) is 38.8 Å². The van der Waals surface area contributed by atoms with E-state index in [1.165, 1.54) is 0 Å². The summed E-state index contributed by atoms with van der Waals surface area (Å²) in [6.07, 6.45) is -0.447. The van der Waals surface area contributed by atoms with E-state index in [1.54, 1.807) is 11.9 Å². The van der Waals surface area contributed by atoms with Crippen molar-refractivity contribution < 1.29 is 14.3 Å². The van der Waals surface area contributed by atoms with Crippen LogP contribution in [0.15, 0.2) is 30.3 Å². The first-order chi connectivity index (χ1) is 8.27. The van der Waals surface area contributed by atoms with Gasteiger partial charge in [-0.3, -0.25) is 4.79 Å². The molecular weight excluding hydrogens is 218 g/mol. The van der Waals surface area contributed by atoms with E-state index >= 15 is 0 Å². The van der Waals surface area contributed by atoms with Gasteiger partial charge in [-0.25, -0.2) is 0 Å². The normalized spacial score (nSPS) is 20.6. The molecule has 0 saturated carbocycles. The third-order valence-corrected chi connectivity index (χ3v) is 2.78. The van der Waals surface area contributed by atoms with Gasteiger partial charge in [0.25, 0.3) is 5.91 Å². The van der Waals surface area contributed by atoms with Crippen molar-refractivity contribution in [2.45, 2.75) is 12.7 Å². The van der Waals surface area contributed by atoms with Gasteiger partial charge in [-0.1, -0.05) is 30.3 Å². The van der Waals surface area contributed by atoms with Crippen molar-refractivity contribution in [2.24, 2.45) is 0 Å². The second-order valence-electron chi connectivity index (χ2n) is 4.12. The van der Waals surface area contributed by atoms with Crippen LogP contribution in [-0.4, -0.2) is 43.7 Å². The molecule has 1 unspecified atom stereocenters. The Bertz CT molecular complexity index is 366. The third-order valence-electron chi connectivity index (χ3n) is 2.78. The van der Waals surface area contributed by atoms with Crippen LogP contribution in [-0.2, 0) is 20.9 Å². The molecule has 0 spiro atoms. The van der Waals surface area contributed by atoms with Gasteiger partial charge in [0.05, 0.1) is 19.8 Å². The predicted molar refractivity (Wildman–Crippen MR) is 63.5 cm³/mol. The number of carbonyl (C=O) groups is 1. The maximum absolute atomic E-state index is 11.7. The third kappa shape index (κ3) is 3.28. The number of carbonyl (C=O) groups excluding carboxylic acids is 1. The molecule has 0 N–H and O–H groups in total. The van der Waals surface area contributed by atoms with Gasteiger partial charge in [0, 0.05) is 13.6 Å². The van der Waals surface area contributed by atoms with Crippen LogP contribution in [0.4, 0.5) is 0 Å². The molecule has 1 heterocycles. The van der Waals surface area contributed by atoms with E-state index in [9.17, 15) is 4.79 Å². The smallest absolute Gasteiger partial charge is 0.253 e. The Morgan fingerprint density at radius 1 is 1.41 bits per heavy atom. The summed E-state index contributed by atoms with van der Waals surface area (Å²) < 4.78 is 10.9. The molecule has 17 heavy (non-hydrogen) atoms. The van der Waals surface area contributed by atoms with Gasteiger partial charge in [-0.05, 0) is 5.56 Å². The average Bonchev–Trinajstić information content (AvgIpc) is 2.36. The number of rotatable bonds is 4. The highest BCUT2D eigenvalue weighted by atomic mass is 16.5. The minimum Gasteiger partial charge on any atom is -0.374 e. The fourth-order valence-electron chi connectivity index (χ4n) is 1.74. The summed E-state index contributed by atoms with van der Waals surface area (Å²) in [5.74, 6) is 0.00399. The van der Waals surface area contributed by atoms with Crippen LogP contribution in [0.3, 0.4) is 0 Å². The summed E-state index contributed by atoms with van der Waals surface area (Å²) in [6.45, 7) is 2.07. The molecule has 4 nitrogen and oxygen atoms in total. The van der Waals surface area contributed by atoms with Crippen molar-refractivity contribution in [1.82, 2.24) is 4.90 Å². The lowest BCUT2D eigenvalue weighted by Crippen LogP contribution is -2.47. The van der Waals surface area contributed by atoms with Crippen molar-refractivity contribution in [3.63, 3.8) is 0 Å². The summed E-state index contributed by atoms with van der Waals surface area (Å²) in [4.78, 5) is 13.4. The molecule has 0 bridgehead atoms. The van der Waals surface area contributed by atoms with Crippen molar-refractivity contribution >= 4 is 5.91 Å². The van der Waals surface area contributed by atoms with Gasteiger partial charge in [-0.15, -0.1) is 0 Å². The van der Waals surface area contributed by atoms with Gasteiger partial charge in [-0.2, -0.15) is 0 Å². The molecule has 1 aliphatic rings. The monoisotopic (exact) mass is 235 g/mol. The summed E-state index contributed by atoms with van der Waals surface area (Å²) in [6, 6.07) is 9.89. The first kappa shape index (κ1) is 12.1. The largest absolute Gasteiger partial charge is 0.374 e. The lowest BCUT2D eigenvalue weighted by Gasteiger charge is -2.29. The number of hydrogen-bond donors (Lipinski definition) is 0. The lowest BCUT2D eigenvalue weighted by atomic mass is 10.2. The van der Waals surface area contributed by atoms with Crippen LogP contribution < -0.4 is 0 Å². The summed E-state index contributed by atoms with van der Waals surface area (Å²) >= 11 is 0. The van der Waals surface area contributed by atoms with E-state index in [2.05, 4.69) is 0 Å². The molecule has 0 aromatic heterocycles. The zero-order valence-electron chi connectivity index (χ0n) is 9.96. The fraction of sp³-hybridized carbons (Fsp3) is 0.462. The van der Waals surface area contributed by atoms with Crippen molar-refractivity contribution in [1.29, 1.82) is 0 Å². The molecule has 1 atom stereocenters. The molecule has 1 aliphatic heterocycles. The number of likely N-dealkylation sites (N-methyl/N-ethyl adjacent to an activating group) is 1. The standard InChI is InChI=1S/C13H17NO3/c1-14-7-8-17-12(13(14)15)10-16-9-11-5-3-2-4-6-11/h2-6,12H,7-10H2,1H3. The quantitative estimate of drug-likeness (QED) is 0.783. The molecule has 2 rings (SSSR count). The van der Waals surface area contributed by atoms with Crippen molar-refractivity contribution in [2.75, 3.05) is 26.8 Å². The molecule has 92 valence electrons. The molecule has 1 aromatic rings. The minimum absolute atomic E-state index is 0.00399. The van der Waals surface area contributed by atoms with Crippen LogP contribution in [0.5, 0.6) is 0 Å². The number of ether oxygens (including phenoxy) is 2. The highest BCUT2D eigenvalue weighted by Gasteiger charge is 2.27. The van der Waals surface area contributed by atoms with E-state index in [0.29, 0.717) is 26.4 Å². The molecule has 1 fully saturated rings. The first-order valence-electron chi connectivity index (χ1n) is 5.75. The molecule has 1 saturated heterocycles. The van der Waals surface area contributed by atoms with Gasteiger partial charge in [0.1, 0.15) is 0 Å². The Balaban J connectivity index is 1.77. The van der Waals surface area contributed by atoms with Gasteiger partial charge in [0.15, 0.2) is 6.10 Å². The molecular formula is C13H17NO3.